The molecule has 1 aromatic heterocycles. The van der Waals surface area contributed by atoms with Crippen molar-refractivity contribution >= 4 is 29.2 Å². The highest BCUT2D eigenvalue weighted by atomic mass is 16.2. The molecule has 1 aromatic rings. The number of hydrogen-bond acceptors (Lipinski definition) is 6. The quantitative estimate of drug-likeness (QED) is 0.532. The third kappa shape index (κ3) is 4.47. The second-order valence-corrected chi connectivity index (χ2v) is 5.81. The minimum Gasteiger partial charge on any atom is -0.404 e. The van der Waals surface area contributed by atoms with Crippen LogP contribution in [0.15, 0.2) is 45.8 Å². The molecule has 8 heteroatoms. The molecule has 0 aliphatic carbocycles. The van der Waals surface area contributed by atoms with Crippen LogP contribution in [-0.4, -0.2) is 55.0 Å². The van der Waals surface area contributed by atoms with E-state index in [9.17, 15) is 4.79 Å². The summed E-state index contributed by atoms with van der Waals surface area (Å²) >= 11 is 0. The van der Waals surface area contributed by atoms with Crippen molar-refractivity contribution in [3.05, 3.63) is 41.5 Å². The van der Waals surface area contributed by atoms with Crippen LogP contribution < -0.4 is 16.8 Å². The molecule has 0 bridgehead atoms. The lowest BCUT2D eigenvalue weighted by atomic mass is 10.0. The molecule has 1 aliphatic heterocycles. The largest absolute Gasteiger partial charge is 0.404 e. The highest BCUT2D eigenvalue weighted by molar-refractivity contribution is 6.08. The molecule has 2 heterocycles. The smallest absolute Gasteiger partial charge is 0.219 e. The van der Waals surface area contributed by atoms with Gasteiger partial charge in [0, 0.05) is 63.2 Å². The maximum atomic E-state index is 11.7. The van der Waals surface area contributed by atoms with E-state index in [1.165, 1.54) is 6.20 Å². The topological polar surface area (TPSA) is 122 Å². The van der Waals surface area contributed by atoms with E-state index in [0.29, 0.717) is 30.3 Å². The Kier molecular flexibility index (Phi) is 6.48. The van der Waals surface area contributed by atoms with Crippen LogP contribution >= 0.6 is 0 Å². The third-order valence-corrected chi connectivity index (χ3v) is 4.14. The first-order chi connectivity index (χ1) is 12.5. The van der Waals surface area contributed by atoms with Gasteiger partial charge in [0.25, 0.3) is 0 Å². The number of amides is 1. The molecular formula is C18H25N7O. The Morgan fingerprint density at radius 2 is 2.19 bits per heavy atom. The number of pyridine rings is 1. The predicted molar refractivity (Wildman–Crippen MR) is 105 cm³/mol. The normalized spacial score (nSPS) is 16.3. The molecule has 0 aromatic carbocycles. The summed E-state index contributed by atoms with van der Waals surface area (Å²) in [4.78, 5) is 26.2. The van der Waals surface area contributed by atoms with Crippen LogP contribution in [0.3, 0.4) is 0 Å². The summed E-state index contributed by atoms with van der Waals surface area (Å²) in [6, 6.07) is 3.62. The number of hydrogen-bond donors (Lipinski definition) is 3. The Balaban J connectivity index is 2.27. The number of carbonyl (C=O) groups is 1. The Bertz CT molecular complexity index is 775. The first-order valence-corrected chi connectivity index (χ1v) is 8.30. The van der Waals surface area contributed by atoms with Crippen molar-refractivity contribution in [2.45, 2.75) is 13.3 Å². The van der Waals surface area contributed by atoms with E-state index in [1.807, 2.05) is 19.2 Å². The molecule has 0 spiro atoms. The van der Waals surface area contributed by atoms with Gasteiger partial charge in [-0.3, -0.25) is 14.8 Å². The van der Waals surface area contributed by atoms with E-state index >= 15 is 0 Å². The molecule has 5 N–H and O–H groups in total. The van der Waals surface area contributed by atoms with Gasteiger partial charge in [0.1, 0.15) is 5.84 Å². The fourth-order valence-electron chi connectivity index (χ4n) is 2.71. The Morgan fingerprint density at radius 3 is 2.73 bits per heavy atom. The van der Waals surface area contributed by atoms with E-state index in [2.05, 4.69) is 20.3 Å². The lowest BCUT2D eigenvalue weighted by Gasteiger charge is -2.29. The van der Waals surface area contributed by atoms with Gasteiger partial charge in [-0.15, -0.1) is 0 Å². The minimum atomic E-state index is 0.0233. The second kappa shape index (κ2) is 8.80. The number of allylic oxidation sites excluding steroid dienone is 1. The Labute approximate surface area is 153 Å². The van der Waals surface area contributed by atoms with Crippen LogP contribution in [0.5, 0.6) is 0 Å². The minimum absolute atomic E-state index is 0.0233. The van der Waals surface area contributed by atoms with Gasteiger partial charge in [0.15, 0.2) is 0 Å². The number of nitrogens with one attached hydrogen (secondary N) is 1. The van der Waals surface area contributed by atoms with Crippen molar-refractivity contribution in [1.29, 1.82) is 0 Å². The summed E-state index contributed by atoms with van der Waals surface area (Å²) in [7, 11) is 3.52. The van der Waals surface area contributed by atoms with Gasteiger partial charge in [-0.25, -0.2) is 4.99 Å². The zero-order chi connectivity index (χ0) is 19.1. The van der Waals surface area contributed by atoms with Crippen molar-refractivity contribution < 1.29 is 4.79 Å². The van der Waals surface area contributed by atoms with Crippen LogP contribution in [0.1, 0.15) is 19.0 Å². The van der Waals surface area contributed by atoms with Gasteiger partial charge in [-0.2, -0.15) is 0 Å². The molecule has 138 valence electrons. The molecule has 0 unspecified atom stereocenters. The monoisotopic (exact) mass is 355 g/mol. The number of nitrogens with zero attached hydrogens (tertiary/aromatic N) is 4. The first-order valence-electron chi connectivity index (χ1n) is 8.30. The van der Waals surface area contributed by atoms with Gasteiger partial charge < -0.3 is 21.7 Å². The predicted octanol–water partition coefficient (Wildman–Crippen LogP) is 0.796. The third-order valence-electron chi connectivity index (χ3n) is 4.14. The number of amidine groups is 1. The average molecular weight is 355 g/mol. The number of aromatic nitrogens is 1. The van der Waals surface area contributed by atoms with Crippen LogP contribution in [0.25, 0.3) is 5.57 Å². The number of aliphatic imine (C=N–C) groups is 2. The molecule has 1 amide bonds. The van der Waals surface area contributed by atoms with Crippen LogP contribution in [0.4, 0.5) is 5.69 Å². The SMILES string of the molecule is CN=CC(=CN)c1ccc(N=C(N)C2=C(NC)CCN(C(C)=O)C2)cn1. The molecule has 0 fully saturated rings. The zero-order valence-electron chi connectivity index (χ0n) is 15.4. The molecular weight excluding hydrogens is 330 g/mol. The fraction of sp³-hybridized carbons (Fsp3) is 0.333. The van der Waals surface area contributed by atoms with Crippen LogP contribution in [0, 0.1) is 0 Å². The maximum absolute atomic E-state index is 11.7. The van der Waals surface area contributed by atoms with E-state index in [-0.39, 0.29) is 5.91 Å². The molecule has 0 atom stereocenters. The van der Waals surface area contributed by atoms with Gasteiger partial charge >= 0.3 is 0 Å². The molecule has 26 heavy (non-hydrogen) atoms. The molecule has 0 saturated heterocycles. The van der Waals surface area contributed by atoms with Crippen LogP contribution in [-0.2, 0) is 4.79 Å². The van der Waals surface area contributed by atoms with Gasteiger partial charge in [0.2, 0.25) is 5.91 Å². The number of rotatable bonds is 5. The summed E-state index contributed by atoms with van der Waals surface area (Å²) in [5.74, 6) is 0.398. The van der Waals surface area contributed by atoms with Gasteiger partial charge in [0.05, 0.1) is 24.1 Å². The average Bonchev–Trinajstić information content (AvgIpc) is 2.66. The Morgan fingerprint density at radius 1 is 1.42 bits per heavy atom. The van der Waals surface area contributed by atoms with Crippen molar-refractivity contribution in [2.24, 2.45) is 21.5 Å². The summed E-state index contributed by atoms with van der Waals surface area (Å²) in [6.45, 7) is 2.67. The van der Waals surface area contributed by atoms with E-state index < -0.39 is 0 Å². The van der Waals surface area contributed by atoms with Crippen LogP contribution in [0.2, 0.25) is 0 Å². The summed E-state index contributed by atoms with van der Waals surface area (Å²) in [6.07, 6.45) is 5.44. The van der Waals surface area contributed by atoms with E-state index in [0.717, 1.165) is 23.3 Å². The van der Waals surface area contributed by atoms with E-state index in [4.69, 9.17) is 11.5 Å². The van der Waals surface area contributed by atoms with Gasteiger partial charge in [-0.1, -0.05) is 0 Å². The zero-order valence-corrected chi connectivity index (χ0v) is 15.4. The highest BCUT2D eigenvalue weighted by Crippen LogP contribution is 2.19. The van der Waals surface area contributed by atoms with Crippen molar-refractivity contribution in [1.82, 2.24) is 15.2 Å². The molecule has 2 rings (SSSR count). The summed E-state index contributed by atoms with van der Waals surface area (Å²) in [5.41, 5.74) is 15.7. The first kappa shape index (κ1) is 19.2. The lowest BCUT2D eigenvalue weighted by Crippen LogP contribution is -2.40. The molecule has 1 aliphatic rings. The number of carbonyl (C=O) groups excluding carboxylic acids is 1. The van der Waals surface area contributed by atoms with Gasteiger partial charge in [-0.05, 0) is 12.1 Å². The fourth-order valence-corrected chi connectivity index (χ4v) is 2.71. The van der Waals surface area contributed by atoms with Crippen molar-refractivity contribution in [2.75, 3.05) is 27.2 Å². The highest BCUT2D eigenvalue weighted by Gasteiger charge is 2.22. The maximum Gasteiger partial charge on any atom is 0.219 e. The summed E-state index contributed by atoms with van der Waals surface area (Å²) in [5, 5.41) is 3.16. The second-order valence-electron chi connectivity index (χ2n) is 5.81. The summed E-state index contributed by atoms with van der Waals surface area (Å²) < 4.78 is 0. The van der Waals surface area contributed by atoms with Crippen molar-refractivity contribution in [3.63, 3.8) is 0 Å². The molecule has 0 radical (unpaired) electrons. The lowest BCUT2D eigenvalue weighted by molar-refractivity contribution is -0.128. The molecule has 0 saturated carbocycles. The number of nitrogens with two attached hydrogens (primary N) is 2. The molecule has 8 nitrogen and oxygen atoms in total. The Hall–Kier alpha value is -3.16. The standard InChI is InChI=1S/C18H25N7O/c1-12(26)25-7-6-17(22-3)15(11-25)18(20)24-14-4-5-16(23-10-14)13(8-19)9-21-2/h4-5,8-10,22H,6-7,11,19H2,1-3H3,(H2,20,24). The van der Waals surface area contributed by atoms with Crippen molar-refractivity contribution in [3.8, 4) is 0 Å². The van der Waals surface area contributed by atoms with E-state index in [1.54, 1.807) is 31.3 Å².